The summed E-state index contributed by atoms with van der Waals surface area (Å²) in [4.78, 5) is 8.18. The van der Waals surface area contributed by atoms with Crippen molar-refractivity contribution >= 4 is 41.3 Å². The van der Waals surface area contributed by atoms with Crippen LogP contribution in [-0.2, 0) is 19.0 Å². The Balaban J connectivity index is 0.00000243. The maximum absolute atomic E-state index is 4.50. The number of rotatable bonds is 5. The van der Waals surface area contributed by atoms with Crippen molar-refractivity contribution in [1.29, 1.82) is 0 Å². The Bertz CT molecular complexity index is 689. The lowest BCUT2D eigenvalue weighted by Gasteiger charge is -2.38. The minimum atomic E-state index is 0. The number of hydrogen-bond donors (Lipinski definition) is 1. The number of aryl methyl sites for hydroxylation is 1. The first-order valence-electron chi connectivity index (χ1n) is 9.06. The zero-order chi connectivity index (χ0) is 17.7. The van der Waals surface area contributed by atoms with E-state index in [1.54, 1.807) is 0 Å². The highest BCUT2D eigenvalue weighted by Crippen LogP contribution is 2.41. The Morgan fingerprint density at radius 2 is 2.15 bits per heavy atom. The third kappa shape index (κ3) is 5.00. The molecule has 0 saturated heterocycles. The van der Waals surface area contributed by atoms with Crippen LogP contribution in [0.3, 0.4) is 0 Å². The average molecular weight is 487 g/mol. The van der Waals surface area contributed by atoms with Crippen molar-refractivity contribution in [3.63, 3.8) is 0 Å². The molecule has 3 rings (SSSR count). The Morgan fingerprint density at radius 3 is 2.73 bits per heavy atom. The van der Waals surface area contributed by atoms with E-state index in [4.69, 9.17) is 0 Å². The van der Waals surface area contributed by atoms with Gasteiger partial charge < -0.3 is 10.2 Å². The van der Waals surface area contributed by atoms with E-state index in [-0.39, 0.29) is 29.4 Å². The summed E-state index contributed by atoms with van der Waals surface area (Å²) in [5.74, 6) is 0.949. The quantitative estimate of drug-likeness (QED) is 0.394. The standard InChI is InChI=1S/C19H29N5S.HI/c1-20-18(23(2)13-16-12-22-24(3)14-16)21-15-19(9-5-4-6-10-19)17-8-7-11-25-17;/h7-8,11-12,14H,4-6,9-10,13,15H2,1-3H3,(H,20,21);1H. The molecule has 1 fully saturated rings. The summed E-state index contributed by atoms with van der Waals surface area (Å²) in [5, 5.41) is 10.1. The van der Waals surface area contributed by atoms with Gasteiger partial charge in [0.15, 0.2) is 5.96 Å². The molecule has 7 heteroatoms. The molecule has 0 aromatic carbocycles. The van der Waals surface area contributed by atoms with E-state index < -0.39 is 0 Å². The highest BCUT2D eigenvalue weighted by Gasteiger charge is 2.35. The molecule has 0 atom stereocenters. The van der Waals surface area contributed by atoms with Crippen molar-refractivity contribution in [2.45, 2.75) is 44.1 Å². The van der Waals surface area contributed by atoms with Crippen LogP contribution in [0.2, 0.25) is 0 Å². The van der Waals surface area contributed by atoms with Gasteiger partial charge in [-0.2, -0.15) is 5.10 Å². The predicted octanol–water partition coefficient (Wildman–Crippen LogP) is 4.01. The third-order valence-electron chi connectivity index (χ3n) is 5.19. The number of aliphatic imine (C=N–C) groups is 1. The molecule has 2 heterocycles. The largest absolute Gasteiger partial charge is 0.355 e. The second-order valence-electron chi connectivity index (χ2n) is 7.10. The maximum atomic E-state index is 4.50. The van der Waals surface area contributed by atoms with Crippen molar-refractivity contribution < 1.29 is 0 Å². The van der Waals surface area contributed by atoms with Crippen molar-refractivity contribution in [1.82, 2.24) is 20.0 Å². The molecule has 2 aromatic rings. The van der Waals surface area contributed by atoms with E-state index in [0.29, 0.717) is 0 Å². The predicted molar refractivity (Wildman–Crippen MR) is 121 cm³/mol. The van der Waals surface area contributed by atoms with Gasteiger partial charge in [-0.25, -0.2) is 0 Å². The van der Waals surface area contributed by atoms with E-state index in [0.717, 1.165) is 19.0 Å². The zero-order valence-electron chi connectivity index (χ0n) is 15.9. The number of nitrogens with zero attached hydrogens (tertiary/aromatic N) is 4. The SMILES string of the molecule is CN=C(NCC1(c2cccs2)CCCCC1)N(C)Cc1cnn(C)c1.I. The molecule has 0 spiro atoms. The fourth-order valence-electron chi connectivity index (χ4n) is 3.85. The van der Waals surface area contributed by atoms with Gasteiger partial charge in [0.1, 0.15) is 0 Å². The first-order valence-corrected chi connectivity index (χ1v) is 9.94. The van der Waals surface area contributed by atoms with Crippen LogP contribution in [0.1, 0.15) is 42.5 Å². The van der Waals surface area contributed by atoms with Gasteiger partial charge in [-0.3, -0.25) is 9.67 Å². The molecule has 0 bridgehead atoms. The number of guanidine groups is 1. The average Bonchev–Trinajstić information content (AvgIpc) is 3.28. The normalized spacial score (nSPS) is 16.8. The Morgan fingerprint density at radius 1 is 1.38 bits per heavy atom. The molecule has 1 aliphatic rings. The minimum Gasteiger partial charge on any atom is -0.355 e. The number of aromatic nitrogens is 2. The molecule has 0 amide bonds. The van der Waals surface area contributed by atoms with Crippen LogP contribution in [0, 0.1) is 0 Å². The summed E-state index contributed by atoms with van der Waals surface area (Å²) in [6, 6.07) is 4.49. The summed E-state index contributed by atoms with van der Waals surface area (Å²) in [6.45, 7) is 1.76. The van der Waals surface area contributed by atoms with E-state index in [2.05, 4.69) is 51.1 Å². The molecule has 26 heavy (non-hydrogen) atoms. The zero-order valence-corrected chi connectivity index (χ0v) is 19.1. The van der Waals surface area contributed by atoms with Gasteiger partial charge >= 0.3 is 0 Å². The summed E-state index contributed by atoms with van der Waals surface area (Å²) in [6.07, 6.45) is 10.5. The van der Waals surface area contributed by atoms with Crippen LogP contribution in [-0.4, -0.2) is 41.3 Å². The lowest BCUT2D eigenvalue weighted by atomic mass is 9.73. The van der Waals surface area contributed by atoms with Crippen LogP contribution >= 0.6 is 35.3 Å². The summed E-state index contributed by atoms with van der Waals surface area (Å²) >= 11 is 1.90. The Hall–Kier alpha value is -1.09. The van der Waals surface area contributed by atoms with E-state index in [1.807, 2.05) is 36.3 Å². The van der Waals surface area contributed by atoms with Crippen LogP contribution in [0.5, 0.6) is 0 Å². The molecule has 5 nitrogen and oxygen atoms in total. The van der Waals surface area contributed by atoms with Crippen LogP contribution in [0.15, 0.2) is 34.9 Å². The van der Waals surface area contributed by atoms with E-state index in [9.17, 15) is 0 Å². The topological polar surface area (TPSA) is 45.5 Å². The molecule has 1 N–H and O–H groups in total. The highest BCUT2D eigenvalue weighted by atomic mass is 127. The number of halogens is 1. The molecule has 144 valence electrons. The number of thiophene rings is 1. The summed E-state index contributed by atoms with van der Waals surface area (Å²) in [7, 11) is 5.90. The molecular weight excluding hydrogens is 457 g/mol. The molecule has 0 unspecified atom stereocenters. The fourth-order valence-corrected chi connectivity index (χ4v) is 4.84. The van der Waals surface area contributed by atoms with E-state index in [1.165, 1.54) is 42.5 Å². The Kier molecular flexibility index (Phi) is 7.94. The third-order valence-corrected chi connectivity index (χ3v) is 6.31. The summed E-state index contributed by atoms with van der Waals surface area (Å²) in [5.41, 5.74) is 1.45. The second-order valence-corrected chi connectivity index (χ2v) is 8.05. The van der Waals surface area contributed by atoms with Gasteiger partial charge in [0, 0.05) is 56.3 Å². The number of hydrogen-bond acceptors (Lipinski definition) is 3. The lowest BCUT2D eigenvalue weighted by Crippen LogP contribution is -2.46. The maximum Gasteiger partial charge on any atom is 0.193 e. The first kappa shape index (κ1) is 21.2. The van der Waals surface area contributed by atoms with Gasteiger partial charge in [0.2, 0.25) is 0 Å². The van der Waals surface area contributed by atoms with Gasteiger partial charge in [0.05, 0.1) is 6.20 Å². The molecule has 0 aliphatic heterocycles. The lowest BCUT2D eigenvalue weighted by molar-refractivity contribution is 0.293. The minimum absolute atomic E-state index is 0. The molecular formula is C19H30IN5S. The van der Waals surface area contributed by atoms with E-state index >= 15 is 0 Å². The van der Waals surface area contributed by atoms with Crippen molar-refractivity contribution in [3.05, 3.63) is 40.3 Å². The van der Waals surface area contributed by atoms with Crippen LogP contribution < -0.4 is 5.32 Å². The van der Waals surface area contributed by atoms with Gasteiger partial charge in [0.25, 0.3) is 0 Å². The van der Waals surface area contributed by atoms with Crippen molar-refractivity contribution in [2.75, 3.05) is 20.6 Å². The molecule has 0 radical (unpaired) electrons. The Labute approximate surface area is 177 Å². The van der Waals surface area contributed by atoms with Crippen LogP contribution in [0.4, 0.5) is 0 Å². The number of nitrogens with one attached hydrogen (secondary N) is 1. The second kappa shape index (κ2) is 9.73. The first-order chi connectivity index (χ1) is 12.1. The monoisotopic (exact) mass is 487 g/mol. The molecule has 2 aromatic heterocycles. The smallest absolute Gasteiger partial charge is 0.193 e. The van der Waals surface area contributed by atoms with Crippen LogP contribution in [0.25, 0.3) is 0 Å². The molecule has 1 aliphatic carbocycles. The fraction of sp³-hybridized carbons (Fsp3) is 0.579. The summed E-state index contributed by atoms with van der Waals surface area (Å²) < 4.78 is 1.84. The highest BCUT2D eigenvalue weighted by molar-refractivity contribution is 14.0. The van der Waals surface area contributed by atoms with Gasteiger partial charge in [-0.05, 0) is 24.3 Å². The van der Waals surface area contributed by atoms with Gasteiger partial charge in [-0.15, -0.1) is 35.3 Å². The van der Waals surface area contributed by atoms with Crippen molar-refractivity contribution in [2.24, 2.45) is 12.0 Å². The van der Waals surface area contributed by atoms with Gasteiger partial charge in [-0.1, -0.05) is 25.3 Å². The molecule has 1 saturated carbocycles. The van der Waals surface area contributed by atoms with Crippen molar-refractivity contribution in [3.8, 4) is 0 Å².